The number of hydrogen-bond acceptors (Lipinski definition) is 7. The molecule has 0 aliphatic carbocycles. The van der Waals surface area contributed by atoms with Crippen molar-refractivity contribution in [3.8, 4) is 11.5 Å². The van der Waals surface area contributed by atoms with Crippen molar-refractivity contribution < 1.29 is 28.9 Å². The smallest absolute Gasteiger partial charge is 0.507 e. The number of phenolic OH excluding ortho intramolecular Hbond substituents is 1. The minimum Gasteiger partial charge on any atom is -0.507 e. The maximum absolute atomic E-state index is 12.0. The number of aromatic nitrogens is 2. The molecule has 8 nitrogen and oxygen atoms in total. The van der Waals surface area contributed by atoms with E-state index < -0.39 is 6.16 Å². The highest BCUT2D eigenvalue weighted by molar-refractivity contribution is 5.88. The molecule has 3 aromatic rings. The molecule has 1 aromatic heterocycles. The van der Waals surface area contributed by atoms with Crippen LogP contribution in [0, 0.1) is 6.92 Å². The number of carbonyl (C=O) groups is 2. The third-order valence-electron chi connectivity index (χ3n) is 4.14. The molecule has 0 unspecified atom stereocenters. The minimum absolute atomic E-state index is 0.0567. The summed E-state index contributed by atoms with van der Waals surface area (Å²) in [6.07, 6.45) is -0.304. The standard InChI is InChI=1S/C21H22N2O6/c1-14-11-18-20(19(25)12-14)17(22-23(18)9-6-10-27-15(2)24)13-28-21(26)29-16-7-4-3-5-8-16/h3-5,7-8,11-12,25H,6,9-10,13H2,1-2H3. The van der Waals surface area contributed by atoms with Gasteiger partial charge in [0.1, 0.15) is 23.8 Å². The molecule has 1 N–H and O–H groups in total. The zero-order chi connectivity index (χ0) is 20.8. The van der Waals surface area contributed by atoms with E-state index in [0.717, 1.165) is 5.56 Å². The Morgan fingerprint density at radius 2 is 1.90 bits per heavy atom. The van der Waals surface area contributed by atoms with Gasteiger partial charge >= 0.3 is 12.1 Å². The first-order valence-electron chi connectivity index (χ1n) is 9.16. The molecule has 0 aliphatic heterocycles. The third kappa shape index (κ3) is 5.25. The van der Waals surface area contributed by atoms with Gasteiger partial charge in [-0.15, -0.1) is 0 Å². The number of rotatable bonds is 7. The summed E-state index contributed by atoms with van der Waals surface area (Å²) in [6, 6.07) is 12.1. The summed E-state index contributed by atoms with van der Waals surface area (Å²) in [4.78, 5) is 22.9. The molecule has 0 atom stereocenters. The van der Waals surface area contributed by atoms with Gasteiger partial charge in [-0.05, 0) is 36.8 Å². The SMILES string of the molecule is CC(=O)OCCCn1nc(COC(=O)Oc2ccccc2)c2c(O)cc(C)cc21. The van der Waals surface area contributed by atoms with E-state index in [1.807, 2.05) is 19.1 Å². The lowest BCUT2D eigenvalue weighted by Gasteiger charge is -2.05. The summed E-state index contributed by atoms with van der Waals surface area (Å²) in [7, 11) is 0. The minimum atomic E-state index is -0.861. The van der Waals surface area contributed by atoms with Crippen molar-refractivity contribution in [3.63, 3.8) is 0 Å². The molecule has 0 amide bonds. The van der Waals surface area contributed by atoms with Crippen LogP contribution in [0.15, 0.2) is 42.5 Å². The van der Waals surface area contributed by atoms with Gasteiger partial charge in [-0.2, -0.15) is 5.10 Å². The van der Waals surface area contributed by atoms with Gasteiger partial charge in [0.15, 0.2) is 0 Å². The summed E-state index contributed by atoms with van der Waals surface area (Å²) in [6.45, 7) is 3.80. The number of phenols is 1. The summed E-state index contributed by atoms with van der Waals surface area (Å²) in [5.74, 6) is 0.0907. The number of esters is 1. The Bertz CT molecular complexity index is 1010. The van der Waals surface area contributed by atoms with E-state index in [0.29, 0.717) is 35.3 Å². The van der Waals surface area contributed by atoms with Crippen LogP contribution in [0.2, 0.25) is 0 Å². The van der Waals surface area contributed by atoms with Crippen molar-refractivity contribution in [3.05, 3.63) is 53.7 Å². The van der Waals surface area contributed by atoms with Gasteiger partial charge in [0.2, 0.25) is 0 Å². The zero-order valence-electron chi connectivity index (χ0n) is 16.3. The number of nitrogens with zero attached hydrogens (tertiary/aromatic N) is 2. The fraction of sp³-hybridized carbons (Fsp3) is 0.286. The van der Waals surface area contributed by atoms with Crippen molar-refractivity contribution in [2.75, 3.05) is 6.61 Å². The van der Waals surface area contributed by atoms with E-state index in [4.69, 9.17) is 14.2 Å². The monoisotopic (exact) mass is 398 g/mol. The van der Waals surface area contributed by atoms with Crippen LogP contribution in [0.5, 0.6) is 11.5 Å². The molecule has 29 heavy (non-hydrogen) atoms. The van der Waals surface area contributed by atoms with Crippen molar-refractivity contribution in [1.82, 2.24) is 9.78 Å². The van der Waals surface area contributed by atoms with Gasteiger partial charge in [0, 0.05) is 19.9 Å². The first-order valence-corrected chi connectivity index (χ1v) is 9.16. The predicted molar refractivity (Wildman–Crippen MR) is 105 cm³/mol. The topological polar surface area (TPSA) is 99.9 Å². The Morgan fingerprint density at radius 3 is 2.62 bits per heavy atom. The molecule has 0 fully saturated rings. The van der Waals surface area contributed by atoms with Crippen LogP contribution >= 0.6 is 0 Å². The van der Waals surface area contributed by atoms with Gasteiger partial charge in [-0.1, -0.05) is 18.2 Å². The average Bonchev–Trinajstić information content (AvgIpc) is 3.02. The Morgan fingerprint density at radius 1 is 1.14 bits per heavy atom. The van der Waals surface area contributed by atoms with Crippen molar-refractivity contribution in [2.45, 2.75) is 33.4 Å². The van der Waals surface area contributed by atoms with Crippen molar-refractivity contribution in [1.29, 1.82) is 0 Å². The second-order valence-corrected chi connectivity index (χ2v) is 6.50. The molecule has 8 heteroatoms. The van der Waals surface area contributed by atoms with Crippen LogP contribution < -0.4 is 4.74 Å². The molecular weight excluding hydrogens is 376 g/mol. The summed E-state index contributed by atoms with van der Waals surface area (Å²) < 4.78 is 16.9. The average molecular weight is 398 g/mol. The quantitative estimate of drug-likeness (QED) is 0.368. The number of benzene rings is 2. The van der Waals surface area contributed by atoms with E-state index in [2.05, 4.69) is 5.10 Å². The molecule has 1 heterocycles. The highest BCUT2D eigenvalue weighted by Crippen LogP contribution is 2.30. The van der Waals surface area contributed by atoms with Gasteiger partial charge in [-0.25, -0.2) is 4.79 Å². The number of fused-ring (bicyclic) bond motifs is 1. The van der Waals surface area contributed by atoms with Crippen LogP contribution in [0.4, 0.5) is 4.79 Å². The second-order valence-electron chi connectivity index (χ2n) is 6.50. The van der Waals surface area contributed by atoms with E-state index in [1.54, 1.807) is 35.0 Å². The number of aryl methyl sites for hydroxylation is 2. The van der Waals surface area contributed by atoms with E-state index in [-0.39, 0.29) is 24.9 Å². The van der Waals surface area contributed by atoms with E-state index in [9.17, 15) is 14.7 Å². The molecular formula is C21H22N2O6. The lowest BCUT2D eigenvalue weighted by atomic mass is 10.1. The van der Waals surface area contributed by atoms with E-state index in [1.165, 1.54) is 6.92 Å². The first-order chi connectivity index (χ1) is 13.9. The zero-order valence-corrected chi connectivity index (χ0v) is 16.3. The fourth-order valence-corrected chi connectivity index (χ4v) is 2.94. The Labute approximate surface area is 167 Å². The Hall–Kier alpha value is -3.55. The molecule has 3 rings (SSSR count). The third-order valence-corrected chi connectivity index (χ3v) is 4.14. The Kier molecular flexibility index (Phi) is 6.33. The normalized spacial score (nSPS) is 10.7. The van der Waals surface area contributed by atoms with E-state index >= 15 is 0 Å². The highest BCUT2D eigenvalue weighted by atomic mass is 16.7. The molecule has 2 aromatic carbocycles. The molecule has 0 bridgehead atoms. The lowest BCUT2D eigenvalue weighted by Crippen LogP contribution is -2.11. The Balaban J connectivity index is 1.74. The van der Waals surface area contributed by atoms with Crippen LogP contribution in [-0.4, -0.2) is 33.6 Å². The van der Waals surface area contributed by atoms with Crippen molar-refractivity contribution in [2.24, 2.45) is 0 Å². The number of carbonyl (C=O) groups excluding carboxylic acids is 2. The summed E-state index contributed by atoms with van der Waals surface area (Å²) >= 11 is 0. The molecule has 0 spiro atoms. The first kappa shape index (κ1) is 20.2. The maximum atomic E-state index is 12.0. The van der Waals surface area contributed by atoms with Gasteiger partial charge in [0.25, 0.3) is 0 Å². The van der Waals surface area contributed by atoms with Gasteiger partial charge < -0.3 is 19.3 Å². The lowest BCUT2D eigenvalue weighted by molar-refractivity contribution is -0.141. The van der Waals surface area contributed by atoms with Crippen molar-refractivity contribution >= 4 is 23.0 Å². The van der Waals surface area contributed by atoms with Crippen LogP contribution in [0.1, 0.15) is 24.6 Å². The summed E-state index contributed by atoms with van der Waals surface area (Å²) in [5, 5.41) is 15.4. The second kappa shape index (κ2) is 9.09. The molecule has 0 saturated heterocycles. The summed E-state index contributed by atoms with van der Waals surface area (Å²) in [5.41, 5.74) is 1.99. The molecule has 0 saturated carbocycles. The predicted octanol–water partition coefficient (Wildman–Crippen LogP) is 3.72. The number of hydrogen-bond donors (Lipinski definition) is 1. The van der Waals surface area contributed by atoms with Crippen LogP contribution in [0.3, 0.4) is 0 Å². The number of aromatic hydroxyl groups is 1. The fourth-order valence-electron chi connectivity index (χ4n) is 2.94. The van der Waals surface area contributed by atoms with Gasteiger partial charge in [-0.3, -0.25) is 9.48 Å². The number of para-hydroxylation sites is 1. The van der Waals surface area contributed by atoms with Gasteiger partial charge in [0.05, 0.1) is 17.5 Å². The van der Waals surface area contributed by atoms with Crippen LogP contribution in [0.25, 0.3) is 10.9 Å². The highest BCUT2D eigenvalue weighted by Gasteiger charge is 2.17. The maximum Gasteiger partial charge on any atom is 0.514 e. The molecule has 0 aliphatic rings. The largest absolute Gasteiger partial charge is 0.514 e. The van der Waals surface area contributed by atoms with Crippen LogP contribution in [-0.2, 0) is 27.4 Å². The molecule has 152 valence electrons. The number of ether oxygens (including phenoxy) is 3. The molecule has 0 radical (unpaired) electrons.